The van der Waals surface area contributed by atoms with Crippen molar-refractivity contribution in [2.75, 3.05) is 0 Å². The van der Waals surface area contributed by atoms with Crippen LogP contribution in [0.15, 0.2) is 59.5 Å². The molecule has 6 nitrogen and oxygen atoms in total. The lowest BCUT2D eigenvalue weighted by molar-refractivity contribution is 0.0935. The molecule has 0 radical (unpaired) electrons. The summed E-state index contributed by atoms with van der Waals surface area (Å²) in [4.78, 5) is 13.8. The second-order valence-corrected chi connectivity index (χ2v) is 8.84. The highest BCUT2D eigenvalue weighted by Crippen LogP contribution is 2.26. The average molecular weight is 424 g/mol. The molecule has 1 amide bonds. The summed E-state index contributed by atoms with van der Waals surface area (Å²) in [6.45, 7) is 6.53. The summed E-state index contributed by atoms with van der Waals surface area (Å²) in [5.74, 6) is 1.97. The number of thioether (sulfide) groups is 1. The van der Waals surface area contributed by atoms with Crippen molar-refractivity contribution < 1.29 is 4.79 Å². The van der Waals surface area contributed by atoms with Crippen LogP contribution in [0.1, 0.15) is 56.2 Å². The van der Waals surface area contributed by atoms with E-state index in [0.29, 0.717) is 17.2 Å². The number of nitrogens with one attached hydrogen (secondary N) is 1. The van der Waals surface area contributed by atoms with Gasteiger partial charge >= 0.3 is 0 Å². The maximum absolute atomic E-state index is 12.9. The van der Waals surface area contributed by atoms with Gasteiger partial charge in [0.2, 0.25) is 0 Å². The molecule has 0 bridgehead atoms. The highest BCUT2D eigenvalue weighted by molar-refractivity contribution is 7.98. The van der Waals surface area contributed by atoms with E-state index < -0.39 is 0 Å². The Balaban J connectivity index is 1.64. The van der Waals surface area contributed by atoms with Crippen LogP contribution in [-0.2, 0) is 5.75 Å². The Labute approximate surface area is 182 Å². The van der Waals surface area contributed by atoms with Crippen molar-refractivity contribution in [2.45, 2.75) is 56.7 Å². The Morgan fingerprint density at radius 3 is 2.53 bits per heavy atom. The Hall–Kier alpha value is -2.67. The van der Waals surface area contributed by atoms with E-state index in [1.807, 2.05) is 54.6 Å². The molecule has 0 spiro atoms. The van der Waals surface area contributed by atoms with E-state index in [2.05, 4.69) is 41.6 Å². The number of benzene rings is 2. The summed E-state index contributed by atoms with van der Waals surface area (Å²) in [6, 6.07) is 17.6. The van der Waals surface area contributed by atoms with Gasteiger partial charge in [-0.25, -0.2) is 0 Å². The van der Waals surface area contributed by atoms with Crippen molar-refractivity contribution in [3.05, 3.63) is 66.0 Å². The third-order valence-corrected chi connectivity index (χ3v) is 5.89. The van der Waals surface area contributed by atoms with Crippen LogP contribution in [0, 0.1) is 5.92 Å². The molecule has 1 aromatic heterocycles. The molecule has 2 aromatic carbocycles. The van der Waals surface area contributed by atoms with Crippen LogP contribution in [0.5, 0.6) is 0 Å². The maximum atomic E-state index is 12.9. The Morgan fingerprint density at radius 1 is 1.03 bits per heavy atom. The molecule has 0 aliphatic rings. The zero-order valence-corrected chi connectivity index (χ0v) is 18.6. The molecule has 158 valence electrons. The van der Waals surface area contributed by atoms with Gasteiger partial charge in [0.15, 0.2) is 5.82 Å². The predicted octanol–water partition coefficient (Wildman–Crippen LogP) is 4.90. The first kappa shape index (κ1) is 22.0. The molecular formula is C23H29N5OS. The number of nitrogens with zero attached hydrogens (tertiary/aromatic N) is 4. The summed E-state index contributed by atoms with van der Waals surface area (Å²) in [7, 11) is 0. The quantitative estimate of drug-likeness (QED) is 0.470. The highest BCUT2D eigenvalue weighted by atomic mass is 32.2. The first-order valence-electron chi connectivity index (χ1n) is 10.4. The van der Waals surface area contributed by atoms with Gasteiger partial charge in [0, 0.05) is 10.9 Å². The molecule has 0 aliphatic heterocycles. The lowest BCUT2D eigenvalue weighted by Gasteiger charge is -2.16. The van der Waals surface area contributed by atoms with Crippen molar-refractivity contribution in [1.29, 1.82) is 0 Å². The van der Waals surface area contributed by atoms with Crippen molar-refractivity contribution in [3.63, 3.8) is 0 Å². The minimum atomic E-state index is -0.0298. The molecule has 1 atom stereocenters. The van der Waals surface area contributed by atoms with E-state index in [1.165, 1.54) is 6.42 Å². The van der Waals surface area contributed by atoms with Crippen LogP contribution in [0.25, 0.3) is 5.69 Å². The lowest BCUT2D eigenvalue weighted by atomic mass is 10.0. The van der Waals surface area contributed by atoms with E-state index >= 15 is 0 Å². The van der Waals surface area contributed by atoms with Gasteiger partial charge in [-0.05, 0) is 54.0 Å². The van der Waals surface area contributed by atoms with Gasteiger partial charge in [-0.15, -0.1) is 16.9 Å². The molecule has 0 fully saturated rings. The number of para-hydroxylation sites is 1. The first-order valence-corrected chi connectivity index (χ1v) is 11.4. The molecule has 3 rings (SSSR count). The van der Waals surface area contributed by atoms with E-state index in [1.54, 1.807) is 16.4 Å². The predicted molar refractivity (Wildman–Crippen MR) is 121 cm³/mol. The second-order valence-electron chi connectivity index (χ2n) is 7.83. The molecule has 0 aliphatic carbocycles. The fourth-order valence-electron chi connectivity index (χ4n) is 3.19. The average Bonchev–Trinajstić information content (AvgIpc) is 3.21. The minimum absolute atomic E-state index is 0.0298. The number of carbonyl (C=O) groups is 1. The number of aromatic nitrogens is 4. The van der Waals surface area contributed by atoms with Crippen LogP contribution in [0.3, 0.4) is 0 Å². The van der Waals surface area contributed by atoms with Crippen molar-refractivity contribution in [1.82, 2.24) is 25.5 Å². The number of hydrogen-bond acceptors (Lipinski definition) is 5. The largest absolute Gasteiger partial charge is 0.350 e. The third kappa shape index (κ3) is 6.16. The van der Waals surface area contributed by atoms with Gasteiger partial charge in [0.05, 0.1) is 17.0 Å². The second kappa shape index (κ2) is 10.9. The summed E-state index contributed by atoms with van der Waals surface area (Å²) in [6.07, 6.45) is 3.30. The van der Waals surface area contributed by atoms with Gasteiger partial charge in [-0.3, -0.25) is 4.79 Å². The molecule has 30 heavy (non-hydrogen) atoms. The SMILES string of the molecule is CC(C)CCCC(C)NC(=O)c1ccccc1SCc1nnnn1-c1ccccc1. The molecule has 1 N–H and O–H groups in total. The van der Waals surface area contributed by atoms with E-state index in [-0.39, 0.29) is 11.9 Å². The third-order valence-electron chi connectivity index (χ3n) is 4.82. The lowest BCUT2D eigenvalue weighted by Crippen LogP contribution is -2.32. The number of hydrogen-bond donors (Lipinski definition) is 1. The number of tetrazole rings is 1. The maximum Gasteiger partial charge on any atom is 0.252 e. The van der Waals surface area contributed by atoms with Crippen molar-refractivity contribution >= 4 is 17.7 Å². The minimum Gasteiger partial charge on any atom is -0.350 e. The highest BCUT2D eigenvalue weighted by Gasteiger charge is 2.16. The summed E-state index contributed by atoms with van der Waals surface area (Å²) >= 11 is 1.57. The van der Waals surface area contributed by atoms with Gasteiger partial charge < -0.3 is 5.32 Å². The monoisotopic (exact) mass is 423 g/mol. The van der Waals surface area contributed by atoms with Crippen LogP contribution in [0.4, 0.5) is 0 Å². The Bertz CT molecular complexity index is 942. The van der Waals surface area contributed by atoms with Crippen LogP contribution in [-0.4, -0.2) is 32.2 Å². The summed E-state index contributed by atoms with van der Waals surface area (Å²) in [5.41, 5.74) is 1.61. The summed E-state index contributed by atoms with van der Waals surface area (Å²) in [5, 5.41) is 15.2. The zero-order chi connectivity index (χ0) is 21.3. The van der Waals surface area contributed by atoms with Gasteiger partial charge in [0.25, 0.3) is 5.91 Å². The number of carbonyl (C=O) groups excluding carboxylic acids is 1. The van der Waals surface area contributed by atoms with Crippen LogP contribution in [0.2, 0.25) is 0 Å². The van der Waals surface area contributed by atoms with E-state index in [4.69, 9.17) is 0 Å². The molecular weight excluding hydrogens is 394 g/mol. The molecule has 1 heterocycles. The van der Waals surface area contributed by atoms with Crippen molar-refractivity contribution in [2.24, 2.45) is 5.92 Å². The fraction of sp³-hybridized carbons (Fsp3) is 0.391. The van der Waals surface area contributed by atoms with E-state index in [0.717, 1.165) is 29.2 Å². The molecule has 3 aromatic rings. The molecule has 0 saturated heterocycles. The normalized spacial score (nSPS) is 12.1. The van der Waals surface area contributed by atoms with Gasteiger partial charge in [-0.1, -0.05) is 57.0 Å². The topological polar surface area (TPSA) is 72.7 Å². The Morgan fingerprint density at radius 2 is 1.77 bits per heavy atom. The molecule has 1 unspecified atom stereocenters. The molecule has 0 saturated carbocycles. The Kier molecular flexibility index (Phi) is 8.02. The van der Waals surface area contributed by atoms with Crippen LogP contribution < -0.4 is 5.32 Å². The van der Waals surface area contributed by atoms with E-state index in [9.17, 15) is 4.79 Å². The standard InChI is InChI=1S/C23H29N5OS/c1-17(2)10-9-11-18(3)24-23(29)20-14-7-8-15-21(20)30-16-22-25-26-27-28(22)19-12-5-4-6-13-19/h4-8,12-15,17-18H,9-11,16H2,1-3H3,(H,24,29). The number of amides is 1. The first-order chi connectivity index (χ1) is 14.5. The fourth-order valence-corrected chi connectivity index (χ4v) is 4.15. The van der Waals surface area contributed by atoms with Gasteiger partial charge in [0.1, 0.15) is 0 Å². The van der Waals surface area contributed by atoms with Crippen molar-refractivity contribution in [3.8, 4) is 5.69 Å². The summed E-state index contributed by atoms with van der Waals surface area (Å²) < 4.78 is 1.73. The van der Waals surface area contributed by atoms with Crippen LogP contribution >= 0.6 is 11.8 Å². The number of rotatable bonds is 10. The van der Waals surface area contributed by atoms with Gasteiger partial charge in [-0.2, -0.15) is 4.68 Å². The molecule has 7 heteroatoms. The zero-order valence-electron chi connectivity index (χ0n) is 17.8. The smallest absolute Gasteiger partial charge is 0.252 e.